The first-order chi connectivity index (χ1) is 5.83. The van der Waals surface area contributed by atoms with Crippen molar-refractivity contribution in [3.63, 3.8) is 0 Å². The predicted octanol–water partition coefficient (Wildman–Crippen LogP) is 1.90. The molecule has 1 aromatic rings. The van der Waals surface area contributed by atoms with Crippen LogP contribution in [0.15, 0.2) is 30.3 Å². The van der Waals surface area contributed by atoms with Gasteiger partial charge >= 0.3 is 0 Å². The summed E-state index contributed by atoms with van der Waals surface area (Å²) >= 11 is 0. The summed E-state index contributed by atoms with van der Waals surface area (Å²) < 4.78 is 5.35. The summed E-state index contributed by atoms with van der Waals surface area (Å²) in [5.41, 5.74) is 6.77. The Morgan fingerprint density at radius 3 is 2.58 bits per heavy atom. The van der Waals surface area contributed by atoms with Crippen LogP contribution in [-0.2, 0) is 11.3 Å². The molecule has 0 spiro atoms. The van der Waals surface area contributed by atoms with Gasteiger partial charge in [-0.3, -0.25) is 0 Å². The minimum Gasteiger partial charge on any atom is -0.359 e. The van der Waals surface area contributed by atoms with Crippen LogP contribution in [0.1, 0.15) is 18.9 Å². The molecule has 0 amide bonds. The molecule has 2 nitrogen and oxygen atoms in total. The zero-order chi connectivity index (χ0) is 8.81. The van der Waals surface area contributed by atoms with Crippen LogP contribution in [-0.4, -0.2) is 6.23 Å². The van der Waals surface area contributed by atoms with E-state index in [1.54, 1.807) is 0 Å². The van der Waals surface area contributed by atoms with Crippen molar-refractivity contribution >= 4 is 0 Å². The van der Waals surface area contributed by atoms with Gasteiger partial charge in [-0.25, -0.2) is 0 Å². The number of benzene rings is 1. The van der Waals surface area contributed by atoms with E-state index >= 15 is 0 Å². The van der Waals surface area contributed by atoms with E-state index in [-0.39, 0.29) is 6.23 Å². The number of hydrogen-bond acceptors (Lipinski definition) is 2. The molecule has 0 aliphatic carbocycles. The normalized spacial score (nSPS) is 12.8. The molecule has 0 saturated heterocycles. The molecule has 2 heteroatoms. The van der Waals surface area contributed by atoms with Crippen LogP contribution in [0.25, 0.3) is 0 Å². The second-order valence-electron chi connectivity index (χ2n) is 2.74. The van der Waals surface area contributed by atoms with Crippen LogP contribution in [0.2, 0.25) is 0 Å². The average Bonchev–Trinajstić information content (AvgIpc) is 2.16. The minimum atomic E-state index is -0.134. The van der Waals surface area contributed by atoms with Crippen molar-refractivity contribution in [2.45, 2.75) is 26.2 Å². The fourth-order valence-corrected chi connectivity index (χ4v) is 0.895. The number of ether oxygens (including phenoxy) is 1. The van der Waals surface area contributed by atoms with Crippen molar-refractivity contribution in [2.75, 3.05) is 0 Å². The molecule has 0 bridgehead atoms. The molecule has 0 aromatic heterocycles. The van der Waals surface area contributed by atoms with Gasteiger partial charge in [0.05, 0.1) is 6.61 Å². The van der Waals surface area contributed by atoms with E-state index in [0.717, 1.165) is 6.42 Å². The second kappa shape index (κ2) is 4.91. The summed E-state index contributed by atoms with van der Waals surface area (Å²) in [6.45, 7) is 2.62. The predicted molar refractivity (Wildman–Crippen MR) is 49.5 cm³/mol. The smallest absolute Gasteiger partial charge is 0.105 e. The van der Waals surface area contributed by atoms with Gasteiger partial charge in [0.25, 0.3) is 0 Å². The Morgan fingerprint density at radius 2 is 2.00 bits per heavy atom. The molecule has 1 atom stereocenters. The van der Waals surface area contributed by atoms with E-state index in [1.807, 2.05) is 37.3 Å². The topological polar surface area (TPSA) is 35.2 Å². The SMILES string of the molecule is CC[C@H](N)OCc1ccccc1. The summed E-state index contributed by atoms with van der Waals surface area (Å²) in [5.74, 6) is 0. The lowest BCUT2D eigenvalue weighted by Crippen LogP contribution is -2.22. The van der Waals surface area contributed by atoms with E-state index in [9.17, 15) is 0 Å². The maximum Gasteiger partial charge on any atom is 0.105 e. The van der Waals surface area contributed by atoms with E-state index in [1.165, 1.54) is 5.56 Å². The molecule has 66 valence electrons. The fourth-order valence-electron chi connectivity index (χ4n) is 0.895. The standard InChI is InChI=1S/C10H15NO/c1-2-10(11)12-8-9-6-4-3-5-7-9/h3-7,10H,2,8,11H2,1H3/t10-/m1/s1. The van der Waals surface area contributed by atoms with Gasteiger partial charge in [0.15, 0.2) is 0 Å². The lowest BCUT2D eigenvalue weighted by molar-refractivity contribution is 0.0426. The largest absolute Gasteiger partial charge is 0.359 e. The Bertz CT molecular complexity index is 210. The van der Waals surface area contributed by atoms with Crippen LogP contribution in [0.4, 0.5) is 0 Å². The van der Waals surface area contributed by atoms with E-state index in [2.05, 4.69) is 0 Å². The monoisotopic (exact) mass is 165 g/mol. The highest BCUT2D eigenvalue weighted by Gasteiger charge is 1.97. The third-order valence-corrected chi connectivity index (χ3v) is 1.71. The highest BCUT2D eigenvalue weighted by Crippen LogP contribution is 2.02. The van der Waals surface area contributed by atoms with Crippen LogP contribution in [0, 0.1) is 0 Å². The average molecular weight is 165 g/mol. The maximum absolute atomic E-state index is 5.60. The van der Waals surface area contributed by atoms with Crippen LogP contribution in [0.3, 0.4) is 0 Å². The van der Waals surface area contributed by atoms with Gasteiger partial charge < -0.3 is 10.5 Å². The number of nitrogens with two attached hydrogens (primary N) is 1. The zero-order valence-electron chi connectivity index (χ0n) is 7.36. The van der Waals surface area contributed by atoms with Crippen molar-refractivity contribution in [3.8, 4) is 0 Å². The molecule has 0 heterocycles. The van der Waals surface area contributed by atoms with Crippen molar-refractivity contribution < 1.29 is 4.74 Å². The Hall–Kier alpha value is -0.860. The second-order valence-corrected chi connectivity index (χ2v) is 2.74. The quantitative estimate of drug-likeness (QED) is 0.691. The molecule has 0 saturated carbocycles. The molecule has 0 aliphatic rings. The van der Waals surface area contributed by atoms with Gasteiger partial charge in [-0.1, -0.05) is 37.3 Å². The van der Waals surface area contributed by atoms with Gasteiger partial charge in [-0.2, -0.15) is 0 Å². The Balaban J connectivity index is 2.33. The third kappa shape index (κ3) is 3.03. The summed E-state index contributed by atoms with van der Waals surface area (Å²) in [7, 11) is 0. The van der Waals surface area contributed by atoms with Gasteiger partial charge in [-0.15, -0.1) is 0 Å². The third-order valence-electron chi connectivity index (χ3n) is 1.71. The summed E-state index contributed by atoms with van der Waals surface area (Å²) in [4.78, 5) is 0. The molecule has 0 fully saturated rings. The molecular weight excluding hydrogens is 150 g/mol. The highest BCUT2D eigenvalue weighted by molar-refractivity contribution is 5.13. The Kier molecular flexibility index (Phi) is 3.77. The van der Waals surface area contributed by atoms with Crippen LogP contribution in [0.5, 0.6) is 0 Å². The molecule has 0 aliphatic heterocycles. The Labute approximate surface area is 73.3 Å². The van der Waals surface area contributed by atoms with Gasteiger partial charge in [0.1, 0.15) is 6.23 Å². The highest BCUT2D eigenvalue weighted by atomic mass is 16.5. The molecule has 1 aromatic carbocycles. The summed E-state index contributed by atoms with van der Waals surface area (Å²) in [6.07, 6.45) is 0.720. The number of rotatable bonds is 4. The van der Waals surface area contributed by atoms with Crippen LogP contribution < -0.4 is 5.73 Å². The van der Waals surface area contributed by atoms with E-state index in [0.29, 0.717) is 6.61 Å². The van der Waals surface area contributed by atoms with Crippen molar-refractivity contribution in [1.82, 2.24) is 0 Å². The molecule has 0 unspecified atom stereocenters. The molecule has 0 radical (unpaired) electrons. The summed E-state index contributed by atoms with van der Waals surface area (Å²) in [5, 5.41) is 0. The first kappa shape index (κ1) is 9.23. The van der Waals surface area contributed by atoms with Crippen molar-refractivity contribution in [3.05, 3.63) is 35.9 Å². The molecule has 12 heavy (non-hydrogen) atoms. The van der Waals surface area contributed by atoms with Gasteiger partial charge in [0.2, 0.25) is 0 Å². The zero-order valence-corrected chi connectivity index (χ0v) is 7.36. The van der Waals surface area contributed by atoms with Crippen LogP contribution >= 0.6 is 0 Å². The first-order valence-electron chi connectivity index (χ1n) is 4.24. The first-order valence-corrected chi connectivity index (χ1v) is 4.24. The van der Waals surface area contributed by atoms with Crippen molar-refractivity contribution in [2.24, 2.45) is 5.73 Å². The van der Waals surface area contributed by atoms with Crippen molar-refractivity contribution in [1.29, 1.82) is 0 Å². The fraction of sp³-hybridized carbons (Fsp3) is 0.400. The molecule has 2 N–H and O–H groups in total. The summed E-state index contributed by atoms with van der Waals surface area (Å²) in [6, 6.07) is 10.0. The minimum absolute atomic E-state index is 0.134. The lowest BCUT2D eigenvalue weighted by Gasteiger charge is -2.09. The van der Waals surface area contributed by atoms with Gasteiger partial charge in [-0.05, 0) is 12.0 Å². The molecular formula is C10H15NO. The Morgan fingerprint density at radius 1 is 1.33 bits per heavy atom. The van der Waals surface area contributed by atoms with E-state index < -0.39 is 0 Å². The number of hydrogen-bond donors (Lipinski definition) is 1. The van der Waals surface area contributed by atoms with Gasteiger partial charge in [0, 0.05) is 0 Å². The lowest BCUT2D eigenvalue weighted by atomic mass is 10.2. The maximum atomic E-state index is 5.60. The van der Waals surface area contributed by atoms with E-state index in [4.69, 9.17) is 10.5 Å². The molecule has 1 rings (SSSR count).